The topological polar surface area (TPSA) is 65.5 Å². The number of amides is 3. The highest BCUT2D eigenvalue weighted by atomic mass is 16.2. The molecule has 0 atom stereocenters. The Morgan fingerprint density at radius 1 is 1.25 bits per heavy atom. The molecule has 0 bridgehead atoms. The summed E-state index contributed by atoms with van der Waals surface area (Å²) in [5, 5.41) is 2.96. The maximum atomic E-state index is 12.2. The monoisotopic (exact) mass is 276 g/mol. The zero-order valence-electron chi connectivity index (χ0n) is 11.9. The summed E-state index contributed by atoms with van der Waals surface area (Å²) in [4.78, 5) is 31.1. The van der Waals surface area contributed by atoms with Gasteiger partial charge in [-0.05, 0) is 25.0 Å². The Labute approximate surface area is 118 Å². The first-order valence-corrected chi connectivity index (χ1v) is 6.75. The first kappa shape index (κ1) is 14.3. The molecule has 2 rings (SSSR count). The molecule has 1 aromatic rings. The number of hydrogen-bond donors (Lipinski definition) is 1. The Morgan fingerprint density at radius 2 is 1.85 bits per heavy atom. The van der Waals surface area contributed by atoms with E-state index in [4.69, 9.17) is 0 Å². The Hall–Kier alpha value is -2.11. The Morgan fingerprint density at radius 3 is 2.40 bits per heavy atom. The van der Waals surface area contributed by atoms with Crippen LogP contribution < -0.4 is 5.32 Å². The van der Waals surface area contributed by atoms with Gasteiger partial charge in [-0.15, -0.1) is 0 Å². The second kappa shape index (κ2) is 6.36. The Balaban J connectivity index is 1.85. The number of rotatable bonds is 2. The van der Waals surface area contributed by atoms with E-state index in [2.05, 4.69) is 10.3 Å². The second-order valence-corrected chi connectivity index (χ2v) is 5.15. The van der Waals surface area contributed by atoms with E-state index in [9.17, 15) is 9.59 Å². The molecular formula is C14H20N4O2. The Kier molecular flexibility index (Phi) is 4.55. The molecule has 1 aliphatic rings. The minimum absolute atomic E-state index is 0.0322. The third-order valence-electron chi connectivity index (χ3n) is 3.44. The molecule has 0 saturated carbocycles. The molecule has 0 radical (unpaired) electrons. The van der Waals surface area contributed by atoms with Gasteiger partial charge in [-0.3, -0.25) is 9.78 Å². The number of urea groups is 1. The molecule has 6 heteroatoms. The van der Waals surface area contributed by atoms with Crippen LogP contribution in [0.1, 0.15) is 23.2 Å². The summed E-state index contributed by atoms with van der Waals surface area (Å²) in [6, 6.07) is 3.51. The first-order valence-electron chi connectivity index (χ1n) is 6.75. The number of hydrogen-bond acceptors (Lipinski definition) is 3. The van der Waals surface area contributed by atoms with E-state index in [1.165, 1.54) is 4.90 Å². The summed E-state index contributed by atoms with van der Waals surface area (Å²) in [5.74, 6) is 0.0322. The van der Waals surface area contributed by atoms with E-state index in [0.717, 1.165) is 12.8 Å². The quantitative estimate of drug-likeness (QED) is 0.875. The summed E-state index contributed by atoms with van der Waals surface area (Å²) < 4.78 is 0. The largest absolute Gasteiger partial charge is 0.338 e. The molecule has 1 aromatic heterocycles. The van der Waals surface area contributed by atoms with Gasteiger partial charge < -0.3 is 15.1 Å². The van der Waals surface area contributed by atoms with Crippen LogP contribution in [0.3, 0.4) is 0 Å². The highest BCUT2D eigenvalue weighted by Gasteiger charge is 2.24. The van der Waals surface area contributed by atoms with E-state index < -0.39 is 0 Å². The number of aromatic nitrogens is 1. The lowest BCUT2D eigenvalue weighted by atomic mass is 10.0. The summed E-state index contributed by atoms with van der Waals surface area (Å²) in [5.41, 5.74) is 0.663. The molecule has 1 aliphatic heterocycles. The average Bonchev–Trinajstić information content (AvgIpc) is 2.48. The van der Waals surface area contributed by atoms with Gasteiger partial charge in [0.05, 0.1) is 0 Å². The molecule has 6 nitrogen and oxygen atoms in total. The SMILES string of the molecule is CN(C)C(=O)NC1CCN(C(=O)c2ccncc2)CC1. The molecule has 0 unspecified atom stereocenters. The third-order valence-corrected chi connectivity index (χ3v) is 3.44. The van der Waals surface area contributed by atoms with Crippen molar-refractivity contribution in [2.45, 2.75) is 18.9 Å². The van der Waals surface area contributed by atoms with Crippen LogP contribution in [-0.4, -0.2) is 59.9 Å². The lowest BCUT2D eigenvalue weighted by Gasteiger charge is -2.33. The third kappa shape index (κ3) is 3.46. The van der Waals surface area contributed by atoms with Crippen LogP contribution in [0, 0.1) is 0 Å². The molecule has 2 heterocycles. The van der Waals surface area contributed by atoms with Gasteiger partial charge in [-0.2, -0.15) is 0 Å². The van der Waals surface area contributed by atoms with Crippen LogP contribution >= 0.6 is 0 Å². The minimum atomic E-state index is -0.0797. The van der Waals surface area contributed by atoms with Crippen LogP contribution in [0.2, 0.25) is 0 Å². The maximum absolute atomic E-state index is 12.2. The fourth-order valence-electron chi connectivity index (χ4n) is 2.21. The predicted octanol–water partition coefficient (Wildman–Crippen LogP) is 0.957. The van der Waals surface area contributed by atoms with E-state index in [1.54, 1.807) is 38.6 Å². The highest BCUT2D eigenvalue weighted by Crippen LogP contribution is 2.13. The summed E-state index contributed by atoms with van der Waals surface area (Å²) >= 11 is 0. The first-order chi connectivity index (χ1) is 9.58. The van der Waals surface area contributed by atoms with Gasteiger partial charge in [-0.25, -0.2) is 4.79 Å². The zero-order chi connectivity index (χ0) is 14.5. The van der Waals surface area contributed by atoms with Crippen molar-refractivity contribution in [3.8, 4) is 0 Å². The van der Waals surface area contributed by atoms with Crippen LogP contribution in [0.5, 0.6) is 0 Å². The van der Waals surface area contributed by atoms with Crippen molar-refractivity contribution in [1.82, 2.24) is 20.1 Å². The van der Waals surface area contributed by atoms with Crippen molar-refractivity contribution >= 4 is 11.9 Å². The summed E-state index contributed by atoms with van der Waals surface area (Å²) in [7, 11) is 3.44. The Bertz CT molecular complexity index is 467. The molecule has 3 amide bonds. The lowest BCUT2D eigenvalue weighted by molar-refractivity contribution is 0.0707. The van der Waals surface area contributed by atoms with Gasteiger partial charge in [0, 0.05) is 51.2 Å². The van der Waals surface area contributed by atoms with Gasteiger partial charge in [0.2, 0.25) is 0 Å². The van der Waals surface area contributed by atoms with E-state index in [1.807, 2.05) is 4.90 Å². The van der Waals surface area contributed by atoms with Crippen molar-refractivity contribution in [3.05, 3.63) is 30.1 Å². The molecule has 1 fully saturated rings. The van der Waals surface area contributed by atoms with Gasteiger partial charge >= 0.3 is 6.03 Å². The summed E-state index contributed by atoms with van der Waals surface area (Å²) in [6.07, 6.45) is 4.82. The van der Waals surface area contributed by atoms with Crippen LogP contribution in [0.25, 0.3) is 0 Å². The van der Waals surface area contributed by atoms with Gasteiger partial charge in [0.25, 0.3) is 5.91 Å². The normalized spacial score (nSPS) is 15.8. The summed E-state index contributed by atoms with van der Waals surface area (Å²) in [6.45, 7) is 1.33. The van der Waals surface area contributed by atoms with E-state index in [0.29, 0.717) is 18.7 Å². The predicted molar refractivity (Wildman–Crippen MR) is 75.4 cm³/mol. The van der Waals surface area contributed by atoms with Crippen molar-refractivity contribution in [2.75, 3.05) is 27.2 Å². The van der Waals surface area contributed by atoms with Crippen molar-refractivity contribution in [1.29, 1.82) is 0 Å². The molecule has 20 heavy (non-hydrogen) atoms. The lowest BCUT2D eigenvalue weighted by Crippen LogP contribution is -2.48. The number of nitrogens with one attached hydrogen (secondary N) is 1. The van der Waals surface area contributed by atoms with E-state index in [-0.39, 0.29) is 18.0 Å². The number of carbonyl (C=O) groups excluding carboxylic acids is 2. The fraction of sp³-hybridized carbons (Fsp3) is 0.500. The molecule has 108 valence electrons. The van der Waals surface area contributed by atoms with Gasteiger partial charge in [0.1, 0.15) is 0 Å². The minimum Gasteiger partial charge on any atom is -0.338 e. The van der Waals surface area contributed by atoms with Crippen molar-refractivity contribution in [3.63, 3.8) is 0 Å². The van der Waals surface area contributed by atoms with Crippen LogP contribution in [-0.2, 0) is 0 Å². The van der Waals surface area contributed by atoms with E-state index >= 15 is 0 Å². The van der Waals surface area contributed by atoms with Crippen molar-refractivity contribution < 1.29 is 9.59 Å². The van der Waals surface area contributed by atoms with Gasteiger partial charge in [0.15, 0.2) is 0 Å². The number of piperidine rings is 1. The van der Waals surface area contributed by atoms with Crippen LogP contribution in [0.4, 0.5) is 4.79 Å². The number of pyridine rings is 1. The molecular weight excluding hydrogens is 256 g/mol. The van der Waals surface area contributed by atoms with Crippen LogP contribution in [0.15, 0.2) is 24.5 Å². The molecule has 0 aromatic carbocycles. The number of likely N-dealkylation sites (tertiary alicyclic amines) is 1. The maximum Gasteiger partial charge on any atom is 0.317 e. The molecule has 0 spiro atoms. The molecule has 0 aliphatic carbocycles. The number of nitrogens with zero attached hydrogens (tertiary/aromatic N) is 3. The number of carbonyl (C=O) groups is 2. The second-order valence-electron chi connectivity index (χ2n) is 5.15. The standard InChI is InChI=1S/C14H20N4O2/c1-17(2)14(20)16-12-5-9-18(10-6-12)13(19)11-3-7-15-8-4-11/h3-4,7-8,12H,5-6,9-10H2,1-2H3,(H,16,20). The highest BCUT2D eigenvalue weighted by molar-refractivity contribution is 5.94. The smallest absolute Gasteiger partial charge is 0.317 e. The molecule has 1 N–H and O–H groups in total. The van der Waals surface area contributed by atoms with Gasteiger partial charge in [-0.1, -0.05) is 0 Å². The fourth-order valence-corrected chi connectivity index (χ4v) is 2.21. The zero-order valence-corrected chi connectivity index (χ0v) is 11.9. The average molecular weight is 276 g/mol. The molecule has 1 saturated heterocycles. The van der Waals surface area contributed by atoms with Crippen molar-refractivity contribution in [2.24, 2.45) is 0 Å².